The summed E-state index contributed by atoms with van der Waals surface area (Å²) in [6.45, 7) is 10.4. The number of allylic oxidation sites excluding steroid dienone is 1. The van der Waals surface area contributed by atoms with E-state index in [-0.39, 0.29) is 17.9 Å². The van der Waals surface area contributed by atoms with E-state index in [0.717, 1.165) is 30.8 Å². The zero-order valence-electron chi connectivity index (χ0n) is 17.2. The summed E-state index contributed by atoms with van der Waals surface area (Å²) < 4.78 is 5.82. The monoisotopic (exact) mass is 374 g/mol. The van der Waals surface area contributed by atoms with Crippen LogP contribution in [0.15, 0.2) is 12.2 Å². The van der Waals surface area contributed by atoms with Crippen LogP contribution in [0.1, 0.15) is 65.2 Å². The minimum atomic E-state index is -0.575. The SMILES string of the molecule is C=C1CCCC2CC[C@@H]3[C@@H](CC[C@]4(C)C(C(O)CO)CC(C5CO5)[C@@H]34)[C@@]12C. The summed E-state index contributed by atoms with van der Waals surface area (Å²) in [7, 11) is 0. The summed E-state index contributed by atoms with van der Waals surface area (Å²) in [4.78, 5) is 0. The Balaban J connectivity index is 1.51. The van der Waals surface area contributed by atoms with E-state index in [1.165, 1.54) is 50.5 Å². The average Bonchev–Trinajstić information content (AvgIpc) is 3.44. The fourth-order valence-electron chi connectivity index (χ4n) is 8.89. The molecule has 0 aromatic heterocycles. The van der Waals surface area contributed by atoms with Gasteiger partial charge in [-0.3, -0.25) is 0 Å². The Hall–Kier alpha value is -0.380. The molecular weight excluding hydrogens is 336 g/mol. The van der Waals surface area contributed by atoms with Gasteiger partial charge >= 0.3 is 0 Å². The van der Waals surface area contributed by atoms with Crippen LogP contribution >= 0.6 is 0 Å². The highest BCUT2D eigenvalue weighted by Gasteiger charge is 2.65. The topological polar surface area (TPSA) is 53.0 Å². The molecule has 1 saturated heterocycles. The smallest absolute Gasteiger partial charge is 0.0841 e. The first-order valence-electron chi connectivity index (χ1n) is 11.5. The summed E-state index contributed by atoms with van der Waals surface area (Å²) in [6, 6.07) is 0. The summed E-state index contributed by atoms with van der Waals surface area (Å²) in [5.41, 5.74) is 2.01. The Bertz CT molecular complexity index is 613. The normalized spacial score (nSPS) is 55.4. The van der Waals surface area contributed by atoms with Gasteiger partial charge in [-0.1, -0.05) is 26.0 Å². The fourth-order valence-corrected chi connectivity index (χ4v) is 8.89. The van der Waals surface area contributed by atoms with Crippen LogP contribution in [0, 0.1) is 46.3 Å². The van der Waals surface area contributed by atoms with Crippen LogP contribution < -0.4 is 0 Å². The predicted molar refractivity (Wildman–Crippen MR) is 106 cm³/mol. The number of rotatable bonds is 3. The standard InChI is InChI=1S/C24H38O3/c1-14-5-4-6-15-7-8-16-18(24(14,15)3)9-10-23(2)19(20(26)12-25)11-17(22(16)23)21-13-27-21/h15-22,25-26H,1,4-13H2,2-3H3/t15?,16-,17?,18-,19?,20?,21?,22-,23-,24+/m1/s1. The van der Waals surface area contributed by atoms with Crippen molar-refractivity contribution < 1.29 is 14.9 Å². The molecule has 5 unspecified atom stereocenters. The van der Waals surface area contributed by atoms with Crippen molar-refractivity contribution in [1.29, 1.82) is 0 Å². The number of ether oxygens (including phenoxy) is 1. The molecule has 0 bridgehead atoms. The van der Waals surface area contributed by atoms with Gasteiger partial charge in [0.25, 0.3) is 0 Å². The highest BCUT2D eigenvalue weighted by atomic mass is 16.6. The summed E-state index contributed by atoms with van der Waals surface area (Å²) in [5, 5.41) is 20.4. The second-order valence-corrected chi connectivity index (χ2v) is 11.0. The van der Waals surface area contributed by atoms with E-state index < -0.39 is 6.10 Å². The quantitative estimate of drug-likeness (QED) is 0.575. The highest BCUT2D eigenvalue weighted by Crippen LogP contribution is 2.70. The van der Waals surface area contributed by atoms with Crippen LogP contribution in [0.2, 0.25) is 0 Å². The van der Waals surface area contributed by atoms with Crippen molar-refractivity contribution in [3.63, 3.8) is 0 Å². The Labute approximate surface area is 164 Å². The van der Waals surface area contributed by atoms with Gasteiger partial charge in [-0.2, -0.15) is 0 Å². The van der Waals surface area contributed by atoms with Crippen LogP contribution in [0.4, 0.5) is 0 Å². The second kappa shape index (κ2) is 6.31. The van der Waals surface area contributed by atoms with Crippen LogP contribution in [0.3, 0.4) is 0 Å². The highest BCUT2D eigenvalue weighted by molar-refractivity contribution is 5.22. The lowest BCUT2D eigenvalue weighted by atomic mass is 9.43. The van der Waals surface area contributed by atoms with Gasteiger partial charge in [0.15, 0.2) is 0 Å². The van der Waals surface area contributed by atoms with E-state index >= 15 is 0 Å². The lowest BCUT2D eigenvalue weighted by Gasteiger charge is -2.61. The number of aliphatic hydroxyl groups excluding tert-OH is 2. The maximum absolute atomic E-state index is 10.7. The number of epoxide rings is 1. The van der Waals surface area contributed by atoms with E-state index in [9.17, 15) is 10.2 Å². The van der Waals surface area contributed by atoms with Crippen molar-refractivity contribution in [3.05, 3.63) is 12.2 Å². The molecule has 152 valence electrons. The minimum absolute atomic E-state index is 0.101. The Kier molecular flexibility index (Phi) is 4.35. The predicted octanol–water partition coefficient (Wildman–Crippen LogP) is 4.18. The molecule has 0 aromatic rings. The Morgan fingerprint density at radius 2 is 1.96 bits per heavy atom. The summed E-state index contributed by atoms with van der Waals surface area (Å²) >= 11 is 0. The molecule has 5 rings (SSSR count). The summed E-state index contributed by atoms with van der Waals surface area (Å²) in [6.07, 6.45) is 9.99. The Morgan fingerprint density at radius 1 is 1.19 bits per heavy atom. The lowest BCUT2D eigenvalue weighted by molar-refractivity contribution is -0.113. The largest absolute Gasteiger partial charge is 0.394 e. The summed E-state index contributed by atoms with van der Waals surface area (Å²) in [5.74, 6) is 3.77. The van der Waals surface area contributed by atoms with Crippen LogP contribution in [-0.4, -0.2) is 35.6 Å². The van der Waals surface area contributed by atoms with E-state index in [1.807, 2.05) is 0 Å². The molecule has 3 heteroatoms. The zero-order chi connectivity index (χ0) is 19.0. The van der Waals surface area contributed by atoms with Gasteiger partial charge in [-0.15, -0.1) is 0 Å². The number of fused-ring (bicyclic) bond motifs is 5. The molecule has 1 heterocycles. The Morgan fingerprint density at radius 3 is 2.67 bits per heavy atom. The van der Waals surface area contributed by atoms with Crippen molar-refractivity contribution >= 4 is 0 Å². The first-order chi connectivity index (χ1) is 12.9. The van der Waals surface area contributed by atoms with Crippen molar-refractivity contribution in [3.8, 4) is 0 Å². The zero-order valence-corrected chi connectivity index (χ0v) is 17.2. The van der Waals surface area contributed by atoms with Gasteiger partial charge in [0.05, 0.1) is 25.4 Å². The molecule has 1 aliphatic heterocycles. The first kappa shape index (κ1) is 18.6. The maximum atomic E-state index is 10.7. The van der Waals surface area contributed by atoms with E-state index in [2.05, 4.69) is 20.4 Å². The number of hydrogen-bond acceptors (Lipinski definition) is 3. The molecule has 2 N–H and O–H groups in total. The van der Waals surface area contributed by atoms with Gasteiger partial charge in [-0.05, 0) is 97.7 Å². The molecule has 0 spiro atoms. The first-order valence-corrected chi connectivity index (χ1v) is 11.5. The van der Waals surface area contributed by atoms with Crippen molar-refractivity contribution in [2.24, 2.45) is 46.3 Å². The molecular formula is C24H38O3. The third-order valence-corrected chi connectivity index (χ3v) is 10.3. The van der Waals surface area contributed by atoms with E-state index in [0.29, 0.717) is 23.4 Å². The minimum Gasteiger partial charge on any atom is -0.394 e. The number of aliphatic hydroxyl groups is 2. The van der Waals surface area contributed by atoms with Crippen molar-refractivity contribution in [2.45, 2.75) is 77.4 Å². The van der Waals surface area contributed by atoms with Gasteiger partial charge in [0.1, 0.15) is 0 Å². The van der Waals surface area contributed by atoms with Gasteiger partial charge < -0.3 is 14.9 Å². The second-order valence-electron chi connectivity index (χ2n) is 11.0. The molecule has 5 aliphatic rings. The van der Waals surface area contributed by atoms with Gasteiger partial charge in [-0.25, -0.2) is 0 Å². The van der Waals surface area contributed by atoms with Crippen LogP contribution in [0.5, 0.6) is 0 Å². The van der Waals surface area contributed by atoms with E-state index in [1.54, 1.807) is 0 Å². The van der Waals surface area contributed by atoms with Crippen molar-refractivity contribution in [2.75, 3.05) is 13.2 Å². The van der Waals surface area contributed by atoms with Crippen LogP contribution in [-0.2, 0) is 4.74 Å². The molecule has 27 heavy (non-hydrogen) atoms. The van der Waals surface area contributed by atoms with Crippen molar-refractivity contribution in [1.82, 2.24) is 0 Å². The molecule has 10 atom stereocenters. The number of hydrogen-bond donors (Lipinski definition) is 2. The third kappa shape index (κ3) is 2.50. The van der Waals surface area contributed by atoms with Gasteiger partial charge in [0.2, 0.25) is 0 Å². The molecule has 4 saturated carbocycles. The molecule has 0 radical (unpaired) electrons. The third-order valence-electron chi connectivity index (χ3n) is 10.3. The maximum Gasteiger partial charge on any atom is 0.0841 e. The lowest BCUT2D eigenvalue weighted by Crippen LogP contribution is -2.55. The molecule has 3 nitrogen and oxygen atoms in total. The molecule has 5 fully saturated rings. The van der Waals surface area contributed by atoms with Crippen LogP contribution in [0.25, 0.3) is 0 Å². The van der Waals surface area contributed by atoms with E-state index in [4.69, 9.17) is 4.74 Å². The average molecular weight is 375 g/mol. The molecule has 0 aromatic carbocycles. The molecule has 4 aliphatic carbocycles. The van der Waals surface area contributed by atoms with Gasteiger partial charge in [0, 0.05) is 0 Å². The fraction of sp³-hybridized carbons (Fsp3) is 0.917. The molecule has 0 amide bonds.